The Balaban J connectivity index is 1.35. The molecule has 0 amide bonds. The Kier molecular flexibility index (Phi) is 5.97. The largest absolute Gasteiger partial charge is 0.381 e. The quantitative estimate of drug-likeness (QED) is 0.839. The van der Waals surface area contributed by atoms with Crippen LogP contribution in [0.2, 0.25) is 0 Å². The van der Waals surface area contributed by atoms with Crippen molar-refractivity contribution in [1.29, 1.82) is 0 Å². The topological polar surface area (TPSA) is 58.6 Å². The maximum absolute atomic E-state index is 12.6. The van der Waals surface area contributed by atoms with Gasteiger partial charge in [0.1, 0.15) is 0 Å². The van der Waals surface area contributed by atoms with Gasteiger partial charge >= 0.3 is 0 Å². The zero-order valence-electron chi connectivity index (χ0n) is 15.9. The first-order chi connectivity index (χ1) is 13.1. The molecule has 3 aliphatic rings. The van der Waals surface area contributed by atoms with Crippen molar-refractivity contribution in [3.63, 3.8) is 0 Å². The van der Waals surface area contributed by atoms with E-state index < -0.39 is 10.0 Å². The Bertz CT molecular complexity index is 753. The van der Waals surface area contributed by atoms with E-state index in [0.717, 1.165) is 50.4 Å². The number of hydrogen-bond acceptors (Lipinski definition) is 4. The van der Waals surface area contributed by atoms with Crippen LogP contribution in [0.1, 0.15) is 50.5 Å². The van der Waals surface area contributed by atoms with Crippen molar-refractivity contribution in [3.05, 3.63) is 35.4 Å². The van der Waals surface area contributed by atoms with Crippen molar-refractivity contribution in [2.45, 2.75) is 61.9 Å². The minimum atomic E-state index is -3.46. The molecule has 2 heterocycles. The maximum atomic E-state index is 12.6. The van der Waals surface area contributed by atoms with Crippen molar-refractivity contribution in [1.82, 2.24) is 9.62 Å². The number of nitrogens with zero attached hydrogens (tertiary/aromatic N) is 1. The summed E-state index contributed by atoms with van der Waals surface area (Å²) in [5.74, 6) is 0. The Morgan fingerprint density at radius 1 is 1.00 bits per heavy atom. The zero-order chi connectivity index (χ0) is 18.7. The van der Waals surface area contributed by atoms with Crippen LogP contribution >= 0.6 is 0 Å². The molecule has 1 aliphatic carbocycles. The third-order valence-corrected chi connectivity index (χ3v) is 7.67. The van der Waals surface area contributed by atoms with E-state index in [4.69, 9.17) is 4.74 Å². The van der Waals surface area contributed by atoms with E-state index in [1.165, 1.54) is 24.8 Å². The molecule has 1 aromatic carbocycles. The molecule has 1 saturated carbocycles. The van der Waals surface area contributed by atoms with Gasteiger partial charge in [0, 0.05) is 38.4 Å². The zero-order valence-corrected chi connectivity index (χ0v) is 16.7. The van der Waals surface area contributed by atoms with Gasteiger partial charge in [0.2, 0.25) is 10.0 Å². The van der Waals surface area contributed by atoms with Crippen LogP contribution in [0.4, 0.5) is 0 Å². The highest BCUT2D eigenvalue weighted by molar-refractivity contribution is 7.89. The lowest BCUT2D eigenvalue weighted by molar-refractivity contribution is 0.0832. The summed E-state index contributed by atoms with van der Waals surface area (Å²) in [5, 5.41) is 0. The number of hydrogen-bond donors (Lipinski definition) is 1. The highest BCUT2D eigenvalue weighted by Crippen LogP contribution is 2.29. The van der Waals surface area contributed by atoms with Gasteiger partial charge < -0.3 is 4.74 Å². The van der Waals surface area contributed by atoms with E-state index in [1.807, 2.05) is 12.1 Å². The van der Waals surface area contributed by atoms with Crippen molar-refractivity contribution < 1.29 is 13.2 Å². The lowest BCUT2D eigenvalue weighted by Crippen LogP contribution is -2.43. The first-order valence-electron chi connectivity index (χ1n) is 10.2. The number of piperidine rings is 1. The van der Waals surface area contributed by atoms with Crippen LogP contribution in [0.15, 0.2) is 34.7 Å². The van der Waals surface area contributed by atoms with Crippen LogP contribution in [0, 0.1) is 0 Å². The second kappa shape index (κ2) is 8.43. The number of ether oxygens (including phenoxy) is 1. The van der Waals surface area contributed by atoms with Crippen LogP contribution in [0.3, 0.4) is 0 Å². The number of sulfonamides is 1. The second-order valence-corrected chi connectivity index (χ2v) is 9.71. The molecule has 2 saturated heterocycles. The molecule has 0 atom stereocenters. The van der Waals surface area contributed by atoms with Crippen molar-refractivity contribution in [3.8, 4) is 0 Å². The lowest BCUT2D eigenvalue weighted by Gasteiger charge is -2.40. The molecule has 0 bridgehead atoms. The Morgan fingerprint density at radius 3 is 2.26 bits per heavy atom. The highest BCUT2D eigenvalue weighted by atomic mass is 32.2. The van der Waals surface area contributed by atoms with Crippen molar-refractivity contribution >= 4 is 16.1 Å². The van der Waals surface area contributed by atoms with Crippen molar-refractivity contribution in [2.24, 2.45) is 0 Å². The van der Waals surface area contributed by atoms with Gasteiger partial charge in [-0.1, -0.05) is 30.2 Å². The van der Waals surface area contributed by atoms with Crippen molar-refractivity contribution in [2.75, 3.05) is 26.3 Å². The SMILES string of the molecule is O=S(=O)(NC1CCOCC1)c1ccc(C=C2CCN(C3CCC3)CC2)cc1. The van der Waals surface area contributed by atoms with E-state index in [0.29, 0.717) is 18.1 Å². The molecular weight excluding hydrogens is 360 g/mol. The van der Waals surface area contributed by atoms with E-state index in [-0.39, 0.29) is 6.04 Å². The summed E-state index contributed by atoms with van der Waals surface area (Å²) in [5.41, 5.74) is 2.56. The summed E-state index contributed by atoms with van der Waals surface area (Å²) in [7, 11) is -3.46. The summed E-state index contributed by atoms with van der Waals surface area (Å²) < 4.78 is 33.2. The van der Waals surface area contributed by atoms with E-state index >= 15 is 0 Å². The molecule has 0 aromatic heterocycles. The van der Waals surface area contributed by atoms with Gasteiger partial charge in [-0.25, -0.2) is 13.1 Å². The standard InChI is InChI=1S/C21H30N2O3S/c24-27(25,22-19-10-14-26-15-11-19)21-6-4-17(5-7-21)16-18-8-12-23(13-9-18)20-2-1-3-20/h4-7,16,19-20,22H,1-3,8-15H2. The molecule has 2 aliphatic heterocycles. The molecule has 5 nitrogen and oxygen atoms in total. The van der Waals surface area contributed by atoms with E-state index in [2.05, 4.69) is 15.7 Å². The van der Waals surface area contributed by atoms with E-state index in [1.54, 1.807) is 12.1 Å². The van der Waals surface area contributed by atoms with Crippen LogP contribution < -0.4 is 4.72 Å². The van der Waals surface area contributed by atoms with Gasteiger partial charge in [-0.05, 0) is 56.2 Å². The molecule has 1 N–H and O–H groups in total. The fraction of sp³-hybridized carbons (Fsp3) is 0.619. The predicted molar refractivity (Wildman–Crippen MR) is 107 cm³/mol. The molecule has 0 spiro atoms. The molecular formula is C21H30N2O3S. The monoisotopic (exact) mass is 390 g/mol. The van der Waals surface area contributed by atoms with Crippen LogP contribution in [-0.2, 0) is 14.8 Å². The molecule has 6 heteroatoms. The highest BCUT2D eigenvalue weighted by Gasteiger charge is 2.27. The number of nitrogens with one attached hydrogen (secondary N) is 1. The first kappa shape index (κ1) is 19.1. The van der Waals surface area contributed by atoms with Gasteiger partial charge in [-0.2, -0.15) is 0 Å². The summed E-state index contributed by atoms with van der Waals surface area (Å²) >= 11 is 0. The Morgan fingerprint density at radius 2 is 1.67 bits per heavy atom. The minimum absolute atomic E-state index is 0.0219. The second-order valence-electron chi connectivity index (χ2n) is 8.00. The van der Waals surface area contributed by atoms with Gasteiger partial charge in [0.05, 0.1) is 4.90 Å². The molecule has 4 rings (SSSR count). The van der Waals surface area contributed by atoms with Gasteiger partial charge in [-0.3, -0.25) is 4.90 Å². The van der Waals surface area contributed by atoms with Gasteiger partial charge in [0.15, 0.2) is 0 Å². The van der Waals surface area contributed by atoms with Crippen LogP contribution in [0.5, 0.6) is 0 Å². The lowest BCUT2D eigenvalue weighted by atomic mass is 9.89. The molecule has 3 fully saturated rings. The molecule has 1 aromatic rings. The first-order valence-corrected chi connectivity index (χ1v) is 11.7. The number of rotatable bonds is 5. The number of likely N-dealkylation sites (tertiary alicyclic amines) is 1. The number of benzene rings is 1. The molecule has 0 radical (unpaired) electrons. The Labute approximate surface area is 162 Å². The van der Waals surface area contributed by atoms with Crippen LogP contribution in [0.25, 0.3) is 6.08 Å². The predicted octanol–water partition coefficient (Wildman–Crippen LogP) is 3.18. The fourth-order valence-corrected chi connectivity index (χ4v) is 5.46. The smallest absolute Gasteiger partial charge is 0.240 e. The van der Waals surface area contributed by atoms with E-state index in [9.17, 15) is 8.42 Å². The average molecular weight is 391 g/mol. The van der Waals surface area contributed by atoms with Gasteiger partial charge in [0.25, 0.3) is 0 Å². The summed E-state index contributed by atoms with van der Waals surface area (Å²) in [6.45, 7) is 3.58. The normalized spacial score (nSPS) is 23.2. The van der Waals surface area contributed by atoms with Crippen LogP contribution in [-0.4, -0.2) is 51.7 Å². The van der Waals surface area contributed by atoms with Gasteiger partial charge in [-0.15, -0.1) is 0 Å². The molecule has 148 valence electrons. The Hall–Kier alpha value is -1.21. The average Bonchev–Trinajstić information content (AvgIpc) is 2.63. The summed E-state index contributed by atoms with van der Waals surface area (Å²) in [6.07, 6.45) is 10.1. The third-order valence-electron chi connectivity index (χ3n) is 6.14. The summed E-state index contributed by atoms with van der Waals surface area (Å²) in [6, 6.07) is 8.09. The maximum Gasteiger partial charge on any atom is 0.240 e. The third kappa shape index (κ3) is 4.80. The minimum Gasteiger partial charge on any atom is -0.381 e. The molecule has 0 unspecified atom stereocenters. The molecule has 27 heavy (non-hydrogen) atoms. The fourth-order valence-electron chi connectivity index (χ4n) is 4.15. The summed E-state index contributed by atoms with van der Waals surface area (Å²) in [4.78, 5) is 2.98.